The molecular formula is C15H20N2O2S. The molecule has 0 saturated heterocycles. The predicted octanol–water partition coefficient (Wildman–Crippen LogP) is 1.98. The second-order valence-corrected chi connectivity index (χ2v) is 5.80. The number of carbonyl (C=O) groups is 1. The van der Waals surface area contributed by atoms with Crippen LogP contribution >= 0.6 is 11.3 Å². The summed E-state index contributed by atoms with van der Waals surface area (Å²) in [6.07, 6.45) is 2.66. The number of carbonyl (C=O) groups excluding carboxylic acids is 1. The van der Waals surface area contributed by atoms with Crippen molar-refractivity contribution in [3.63, 3.8) is 0 Å². The number of hydrogen-bond acceptors (Lipinski definition) is 3. The van der Waals surface area contributed by atoms with E-state index in [1.165, 1.54) is 5.56 Å². The molecule has 2 heterocycles. The van der Waals surface area contributed by atoms with Gasteiger partial charge in [0.25, 0.3) is 5.91 Å². The molecule has 0 saturated carbocycles. The lowest BCUT2D eigenvalue weighted by Crippen LogP contribution is -2.32. The van der Waals surface area contributed by atoms with E-state index in [-0.39, 0.29) is 18.4 Å². The number of amides is 1. The number of thiophene rings is 1. The zero-order valence-corrected chi connectivity index (χ0v) is 12.6. The lowest BCUT2D eigenvalue weighted by atomic mass is 10.0. The van der Waals surface area contributed by atoms with Crippen molar-refractivity contribution in [2.45, 2.75) is 13.3 Å². The van der Waals surface area contributed by atoms with Gasteiger partial charge >= 0.3 is 0 Å². The molecule has 5 heteroatoms. The molecule has 0 aromatic carbocycles. The second-order valence-electron chi connectivity index (χ2n) is 5.02. The average Bonchev–Trinajstić information content (AvgIpc) is 3.06. The number of rotatable bonds is 6. The molecule has 0 aliphatic carbocycles. The van der Waals surface area contributed by atoms with Gasteiger partial charge in [-0.05, 0) is 41.8 Å². The van der Waals surface area contributed by atoms with Crippen LogP contribution in [0.4, 0.5) is 0 Å². The highest BCUT2D eigenvalue weighted by Crippen LogP contribution is 2.12. The minimum absolute atomic E-state index is 0.0533. The highest BCUT2D eigenvalue weighted by Gasteiger charge is 2.14. The summed E-state index contributed by atoms with van der Waals surface area (Å²) in [5.74, 6) is -0.0237. The van der Waals surface area contributed by atoms with Crippen LogP contribution in [0.3, 0.4) is 0 Å². The first-order valence-electron chi connectivity index (χ1n) is 6.64. The van der Waals surface area contributed by atoms with Crippen molar-refractivity contribution in [1.29, 1.82) is 0 Å². The molecule has 4 nitrogen and oxygen atoms in total. The number of aliphatic hydroxyl groups is 1. The lowest BCUT2D eigenvalue weighted by Gasteiger charge is -2.14. The molecular weight excluding hydrogens is 272 g/mol. The molecule has 2 rings (SSSR count). The summed E-state index contributed by atoms with van der Waals surface area (Å²) in [5, 5.41) is 16.4. The zero-order valence-electron chi connectivity index (χ0n) is 11.8. The Labute approximate surface area is 123 Å². The Bertz CT molecular complexity index is 560. The molecule has 2 N–H and O–H groups in total. The van der Waals surface area contributed by atoms with Gasteiger partial charge < -0.3 is 15.0 Å². The molecule has 0 radical (unpaired) electrons. The van der Waals surface area contributed by atoms with Crippen LogP contribution in [0.5, 0.6) is 0 Å². The molecule has 0 fully saturated rings. The topological polar surface area (TPSA) is 54.3 Å². The van der Waals surface area contributed by atoms with Gasteiger partial charge in [0.15, 0.2) is 0 Å². The summed E-state index contributed by atoms with van der Waals surface area (Å²) in [4.78, 5) is 12.1. The smallest absolute Gasteiger partial charge is 0.253 e. The van der Waals surface area contributed by atoms with E-state index in [1.54, 1.807) is 11.3 Å². The van der Waals surface area contributed by atoms with Gasteiger partial charge in [-0.25, -0.2) is 0 Å². The summed E-state index contributed by atoms with van der Waals surface area (Å²) < 4.78 is 1.92. The molecule has 0 aliphatic heterocycles. The summed E-state index contributed by atoms with van der Waals surface area (Å²) in [6, 6.07) is 3.87. The van der Waals surface area contributed by atoms with Crippen LogP contribution in [0, 0.1) is 12.8 Å². The van der Waals surface area contributed by atoms with E-state index in [9.17, 15) is 9.90 Å². The molecule has 108 valence electrons. The normalized spacial score (nSPS) is 12.3. The first-order chi connectivity index (χ1) is 9.61. The van der Waals surface area contributed by atoms with Gasteiger partial charge in [0, 0.05) is 38.0 Å². The van der Waals surface area contributed by atoms with Crippen molar-refractivity contribution in [3.05, 3.63) is 45.9 Å². The minimum atomic E-state index is -0.0770. The first kappa shape index (κ1) is 14.8. The van der Waals surface area contributed by atoms with E-state index in [1.807, 2.05) is 36.2 Å². The summed E-state index contributed by atoms with van der Waals surface area (Å²) in [7, 11) is 1.92. The highest BCUT2D eigenvalue weighted by molar-refractivity contribution is 7.07. The van der Waals surface area contributed by atoms with Gasteiger partial charge in [-0.2, -0.15) is 11.3 Å². The van der Waals surface area contributed by atoms with Crippen LogP contribution in [-0.2, 0) is 13.5 Å². The van der Waals surface area contributed by atoms with Gasteiger partial charge in [-0.15, -0.1) is 0 Å². The van der Waals surface area contributed by atoms with E-state index < -0.39 is 0 Å². The fourth-order valence-corrected chi connectivity index (χ4v) is 2.81. The van der Waals surface area contributed by atoms with Crippen molar-refractivity contribution in [2.75, 3.05) is 13.2 Å². The molecule has 0 spiro atoms. The number of aromatic nitrogens is 1. The Kier molecular flexibility index (Phi) is 4.98. The second kappa shape index (κ2) is 6.72. The molecule has 20 heavy (non-hydrogen) atoms. The van der Waals surface area contributed by atoms with Crippen molar-refractivity contribution < 1.29 is 9.90 Å². The zero-order chi connectivity index (χ0) is 14.5. The standard InChI is InChI=1S/C15H20N2O2S/c1-11-14(3-5-17(11)2)15(19)16-8-13(9-18)7-12-4-6-20-10-12/h3-6,10,13,18H,7-9H2,1-2H3,(H,16,19). The molecule has 2 aromatic rings. The third kappa shape index (κ3) is 3.49. The van der Waals surface area contributed by atoms with Crippen molar-refractivity contribution in [1.82, 2.24) is 9.88 Å². The fourth-order valence-electron chi connectivity index (χ4n) is 2.12. The van der Waals surface area contributed by atoms with Crippen molar-refractivity contribution in [2.24, 2.45) is 13.0 Å². The van der Waals surface area contributed by atoms with E-state index in [2.05, 4.69) is 16.8 Å². The Morgan fingerprint density at radius 3 is 2.85 bits per heavy atom. The average molecular weight is 292 g/mol. The molecule has 1 atom stereocenters. The molecule has 1 unspecified atom stereocenters. The summed E-state index contributed by atoms with van der Waals surface area (Å²) >= 11 is 1.65. The fraction of sp³-hybridized carbons (Fsp3) is 0.400. The number of nitrogens with zero attached hydrogens (tertiary/aromatic N) is 1. The third-order valence-electron chi connectivity index (χ3n) is 3.54. The Morgan fingerprint density at radius 2 is 2.30 bits per heavy atom. The number of aliphatic hydroxyl groups excluding tert-OH is 1. The van der Waals surface area contributed by atoms with Crippen LogP contribution in [0.2, 0.25) is 0 Å². The predicted molar refractivity (Wildman–Crippen MR) is 81.1 cm³/mol. The molecule has 1 amide bonds. The number of hydrogen-bond donors (Lipinski definition) is 2. The van der Waals surface area contributed by atoms with E-state index in [0.717, 1.165) is 12.1 Å². The van der Waals surface area contributed by atoms with Crippen LogP contribution in [0.1, 0.15) is 21.6 Å². The molecule has 0 bridgehead atoms. The number of aryl methyl sites for hydroxylation is 1. The van der Waals surface area contributed by atoms with Crippen LogP contribution in [-0.4, -0.2) is 28.7 Å². The van der Waals surface area contributed by atoms with Crippen LogP contribution in [0.15, 0.2) is 29.1 Å². The maximum Gasteiger partial charge on any atom is 0.253 e. The Morgan fingerprint density at radius 1 is 1.50 bits per heavy atom. The van der Waals surface area contributed by atoms with Crippen LogP contribution < -0.4 is 5.32 Å². The van der Waals surface area contributed by atoms with Gasteiger partial charge in [-0.3, -0.25) is 4.79 Å². The van der Waals surface area contributed by atoms with Crippen molar-refractivity contribution >= 4 is 17.2 Å². The van der Waals surface area contributed by atoms with Gasteiger partial charge in [-0.1, -0.05) is 0 Å². The van der Waals surface area contributed by atoms with Gasteiger partial charge in [0.2, 0.25) is 0 Å². The maximum absolute atomic E-state index is 12.1. The summed E-state index contributed by atoms with van der Waals surface area (Å²) in [6.45, 7) is 2.48. The number of nitrogens with one attached hydrogen (secondary N) is 1. The molecule has 0 aliphatic rings. The van der Waals surface area contributed by atoms with E-state index >= 15 is 0 Å². The summed E-state index contributed by atoms with van der Waals surface area (Å²) in [5.41, 5.74) is 2.85. The first-order valence-corrected chi connectivity index (χ1v) is 7.58. The minimum Gasteiger partial charge on any atom is -0.396 e. The van der Waals surface area contributed by atoms with Gasteiger partial charge in [0.05, 0.1) is 5.56 Å². The SMILES string of the molecule is Cc1c(C(=O)NCC(CO)Cc2ccsc2)ccn1C. The van der Waals surface area contributed by atoms with Crippen LogP contribution in [0.25, 0.3) is 0 Å². The van der Waals surface area contributed by atoms with Gasteiger partial charge in [0.1, 0.15) is 0 Å². The quantitative estimate of drug-likeness (QED) is 0.855. The van der Waals surface area contributed by atoms with E-state index in [0.29, 0.717) is 12.1 Å². The molecule has 2 aromatic heterocycles. The van der Waals surface area contributed by atoms with Crippen molar-refractivity contribution in [3.8, 4) is 0 Å². The lowest BCUT2D eigenvalue weighted by molar-refractivity contribution is 0.0939. The largest absolute Gasteiger partial charge is 0.396 e. The Balaban J connectivity index is 1.90. The van der Waals surface area contributed by atoms with E-state index in [4.69, 9.17) is 0 Å². The highest BCUT2D eigenvalue weighted by atomic mass is 32.1. The maximum atomic E-state index is 12.1. The monoisotopic (exact) mass is 292 g/mol. The Hall–Kier alpha value is -1.59. The third-order valence-corrected chi connectivity index (χ3v) is 4.27.